The zero-order valence-corrected chi connectivity index (χ0v) is 11.3. The van der Waals surface area contributed by atoms with Crippen LogP contribution < -0.4 is 10.2 Å². The molecule has 1 aromatic carbocycles. The van der Waals surface area contributed by atoms with E-state index in [4.69, 9.17) is 11.6 Å². The van der Waals surface area contributed by atoms with Crippen LogP contribution in [-0.4, -0.2) is 43.7 Å². The molecule has 2 amide bonds. The van der Waals surface area contributed by atoms with Crippen LogP contribution in [0.2, 0.25) is 5.02 Å². The lowest BCUT2D eigenvalue weighted by molar-refractivity contribution is 0.195. The Morgan fingerprint density at radius 2 is 1.83 bits per heavy atom. The van der Waals surface area contributed by atoms with E-state index in [1.165, 1.54) is 0 Å². The Hall–Kier alpha value is -1.42. The molecule has 1 aliphatic heterocycles. The highest BCUT2D eigenvalue weighted by Gasteiger charge is 2.20. The zero-order chi connectivity index (χ0) is 13.0. The SMILES string of the molecule is CCNC(=O)N1CCN(c2ccc(Cl)cc2)CC1. The van der Waals surface area contributed by atoms with Crippen molar-refractivity contribution in [1.29, 1.82) is 0 Å². The maximum atomic E-state index is 11.7. The van der Waals surface area contributed by atoms with Crippen LogP contribution in [0.15, 0.2) is 24.3 Å². The molecule has 0 unspecified atom stereocenters. The molecule has 18 heavy (non-hydrogen) atoms. The number of anilines is 1. The van der Waals surface area contributed by atoms with Crippen LogP contribution in [0.5, 0.6) is 0 Å². The largest absolute Gasteiger partial charge is 0.368 e. The summed E-state index contributed by atoms with van der Waals surface area (Å²) in [6.07, 6.45) is 0. The predicted octanol–water partition coefficient (Wildman–Crippen LogP) is 2.19. The van der Waals surface area contributed by atoms with Crippen LogP contribution in [0.1, 0.15) is 6.92 Å². The smallest absolute Gasteiger partial charge is 0.317 e. The van der Waals surface area contributed by atoms with Gasteiger partial charge in [0.1, 0.15) is 0 Å². The minimum Gasteiger partial charge on any atom is -0.368 e. The third kappa shape index (κ3) is 3.07. The second-order valence-electron chi connectivity index (χ2n) is 4.29. The molecule has 1 aromatic rings. The van der Waals surface area contributed by atoms with Crippen molar-refractivity contribution in [1.82, 2.24) is 10.2 Å². The predicted molar refractivity (Wildman–Crippen MR) is 74.3 cm³/mol. The van der Waals surface area contributed by atoms with Crippen LogP contribution in [0.3, 0.4) is 0 Å². The van der Waals surface area contributed by atoms with Gasteiger partial charge in [0.05, 0.1) is 0 Å². The first-order valence-corrected chi connectivity index (χ1v) is 6.62. The average molecular weight is 268 g/mol. The third-order valence-corrected chi connectivity index (χ3v) is 3.34. The van der Waals surface area contributed by atoms with Gasteiger partial charge >= 0.3 is 6.03 Å². The van der Waals surface area contributed by atoms with Crippen molar-refractivity contribution >= 4 is 23.3 Å². The topological polar surface area (TPSA) is 35.6 Å². The fourth-order valence-electron chi connectivity index (χ4n) is 2.08. The van der Waals surface area contributed by atoms with Crippen molar-refractivity contribution < 1.29 is 4.79 Å². The first kappa shape index (κ1) is 13.0. The molecule has 1 heterocycles. The highest BCUT2D eigenvalue weighted by Crippen LogP contribution is 2.19. The Morgan fingerprint density at radius 3 is 2.39 bits per heavy atom. The number of benzene rings is 1. The Labute approximate surface area is 113 Å². The van der Waals surface area contributed by atoms with Crippen molar-refractivity contribution in [2.24, 2.45) is 0 Å². The molecule has 1 aliphatic rings. The van der Waals surface area contributed by atoms with Gasteiger partial charge in [0.25, 0.3) is 0 Å². The van der Waals surface area contributed by atoms with Gasteiger partial charge in [-0.1, -0.05) is 11.6 Å². The molecule has 0 aliphatic carbocycles. The number of amides is 2. The molecule has 0 spiro atoms. The number of piperazine rings is 1. The molecule has 0 radical (unpaired) electrons. The van der Waals surface area contributed by atoms with Crippen molar-refractivity contribution in [3.8, 4) is 0 Å². The number of hydrogen-bond donors (Lipinski definition) is 1. The van der Waals surface area contributed by atoms with Crippen molar-refractivity contribution in [2.75, 3.05) is 37.6 Å². The van der Waals surface area contributed by atoms with Crippen LogP contribution in [0.4, 0.5) is 10.5 Å². The summed E-state index contributed by atoms with van der Waals surface area (Å²) >= 11 is 5.87. The van der Waals surface area contributed by atoms with Crippen molar-refractivity contribution in [3.63, 3.8) is 0 Å². The van der Waals surface area contributed by atoms with Gasteiger partial charge in [0.15, 0.2) is 0 Å². The Morgan fingerprint density at radius 1 is 1.22 bits per heavy atom. The maximum absolute atomic E-state index is 11.7. The van der Waals surface area contributed by atoms with Crippen molar-refractivity contribution in [2.45, 2.75) is 6.92 Å². The van der Waals surface area contributed by atoms with Crippen LogP contribution in [0.25, 0.3) is 0 Å². The number of nitrogens with zero attached hydrogens (tertiary/aromatic N) is 2. The zero-order valence-electron chi connectivity index (χ0n) is 10.5. The number of carbonyl (C=O) groups is 1. The molecule has 0 atom stereocenters. The minimum atomic E-state index is 0.0354. The lowest BCUT2D eigenvalue weighted by Crippen LogP contribution is -2.51. The summed E-state index contributed by atoms with van der Waals surface area (Å²) in [6.45, 7) is 5.85. The van der Waals surface area contributed by atoms with Gasteiger partial charge in [-0.05, 0) is 31.2 Å². The monoisotopic (exact) mass is 267 g/mol. The summed E-state index contributed by atoms with van der Waals surface area (Å²) in [5.74, 6) is 0. The lowest BCUT2D eigenvalue weighted by Gasteiger charge is -2.36. The summed E-state index contributed by atoms with van der Waals surface area (Å²) in [5, 5.41) is 3.58. The second kappa shape index (κ2) is 5.96. The molecule has 5 heteroatoms. The van der Waals surface area contributed by atoms with Crippen molar-refractivity contribution in [3.05, 3.63) is 29.3 Å². The van der Waals surface area contributed by atoms with Gasteiger partial charge < -0.3 is 15.1 Å². The van der Waals surface area contributed by atoms with Gasteiger partial charge in [0.2, 0.25) is 0 Å². The highest BCUT2D eigenvalue weighted by molar-refractivity contribution is 6.30. The number of hydrogen-bond acceptors (Lipinski definition) is 2. The summed E-state index contributed by atoms with van der Waals surface area (Å²) < 4.78 is 0. The van der Waals surface area contributed by atoms with Gasteiger partial charge in [-0.15, -0.1) is 0 Å². The molecule has 98 valence electrons. The number of nitrogens with one attached hydrogen (secondary N) is 1. The van der Waals surface area contributed by atoms with Gasteiger partial charge in [-0.3, -0.25) is 0 Å². The average Bonchev–Trinajstić information content (AvgIpc) is 2.40. The number of carbonyl (C=O) groups excluding carboxylic acids is 1. The van der Waals surface area contributed by atoms with E-state index < -0.39 is 0 Å². The van der Waals surface area contributed by atoms with E-state index in [1.807, 2.05) is 36.1 Å². The van der Waals surface area contributed by atoms with E-state index in [2.05, 4.69) is 10.2 Å². The highest BCUT2D eigenvalue weighted by atomic mass is 35.5. The second-order valence-corrected chi connectivity index (χ2v) is 4.72. The quantitative estimate of drug-likeness (QED) is 0.892. The molecule has 0 bridgehead atoms. The molecule has 1 fully saturated rings. The minimum absolute atomic E-state index is 0.0354. The first-order chi connectivity index (χ1) is 8.70. The van der Waals surface area contributed by atoms with E-state index in [0.717, 1.165) is 36.9 Å². The third-order valence-electron chi connectivity index (χ3n) is 3.09. The lowest BCUT2D eigenvalue weighted by atomic mass is 10.2. The van der Waals surface area contributed by atoms with Gasteiger partial charge in [0, 0.05) is 43.4 Å². The Kier molecular flexibility index (Phi) is 4.31. The normalized spacial score (nSPS) is 15.7. The maximum Gasteiger partial charge on any atom is 0.317 e. The molecule has 1 saturated heterocycles. The van der Waals surface area contributed by atoms with E-state index in [1.54, 1.807) is 0 Å². The Bertz CT molecular complexity index is 399. The van der Waals surface area contributed by atoms with E-state index in [-0.39, 0.29) is 6.03 Å². The summed E-state index contributed by atoms with van der Waals surface area (Å²) in [7, 11) is 0. The molecule has 2 rings (SSSR count). The number of rotatable bonds is 2. The summed E-state index contributed by atoms with van der Waals surface area (Å²) in [4.78, 5) is 15.8. The Balaban J connectivity index is 1.90. The van der Waals surface area contributed by atoms with Crippen LogP contribution >= 0.6 is 11.6 Å². The van der Waals surface area contributed by atoms with Gasteiger partial charge in [-0.2, -0.15) is 0 Å². The fraction of sp³-hybridized carbons (Fsp3) is 0.462. The van der Waals surface area contributed by atoms with Crippen LogP contribution in [-0.2, 0) is 0 Å². The van der Waals surface area contributed by atoms with E-state index in [0.29, 0.717) is 6.54 Å². The first-order valence-electron chi connectivity index (χ1n) is 6.24. The van der Waals surface area contributed by atoms with Gasteiger partial charge in [-0.25, -0.2) is 4.79 Å². The van der Waals surface area contributed by atoms with E-state index >= 15 is 0 Å². The molecule has 0 aromatic heterocycles. The number of halogens is 1. The molecule has 4 nitrogen and oxygen atoms in total. The molecule has 1 N–H and O–H groups in total. The standard InChI is InChI=1S/C13H18ClN3O/c1-2-15-13(18)17-9-7-16(8-10-17)12-5-3-11(14)4-6-12/h3-6H,2,7-10H2,1H3,(H,15,18). The van der Waals surface area contributed by atoms with E-state index in [9.17, 15) is 4.79 Å². The summed E-state index contributed by atoms with van der Waals surface area (Å²) in [5.41, 5.74) is 1.16. The number of urea groups is 1. The molecular formula is C13H18ClN3O. The fourth-order valence-corrected chi connectivity index (χ4v) is 2.21. The summed E-state index contributed by atoms with van der Waals surface area (Å²) in [6, 6.07) is 7.86. The molecule has 0 saturated carbocycles. The molecular weight excluding hydrogens is 250 g/mol. The van der Waals surface area contributed by atoms with Crippen LogP contribution in [0, 0.1) is 0 Å².